The molecule has 0 aliphatic heterocycles. The zero-order valence-corrected chi connectivity index (χ0v) is 10.9. The van der Waals surface area contributed by atoms with E-state index in [4.69, 9.17) is 5.11 Å². The van der Waals surface area contributed by atoms with E-state index in [-0.39, 0.29) is 17.6 Å². The van der Waals surface area contributed by atoms with Crippen LogP contribution in [0.5, 0.6) is 0 Å². The third kappa shape index (κ3) is 2.63. The van der Waals surface area contributed by atoms with Gasteiger partial charge in [-0.1, -0.05) is 0 Å². The molecule has 1 heterocycles. The number of amides is 1. The average Bonchev–Trinajstić information content (AvgIpc) is 2.95. The lowest BCUT2D eigenvalue weighted by Crippen LogP contribution is -2.34. The van der Waals surface area contributed by atoms with Crippen LogP contribution in [0.15, 0.2) is 12.1 Å². The molecule has 1 aromatic heterocycles. The smallest absolute Gasteiger partial charge is 0.323 e. The van der Waals surface area contributed by atoms with E-state index in [1.165, 1.54) is 23.7 Å². The number of carbonyl (C=O) groups is 2. The normalized spacial score (nSPS) is 21.6. The standard InChI is InChI=1S/C12H15N3O5/c1-14-9(4-5-10(14)15(19)20)11(16)13-8-3-2-7(6-8)12(17)18/h4-5,7-8H,2-3,6H2,1H3,(H,13,16)(H,17,18). The van der Waals surface area contributed by atoms with Gasteiger partial charge in [0.05, 0.1) is 13.0 Å². The van der Waals surface area contributed by atoms with Crippen LogP contribution >= 0.6 is 0 Å². The van der Waals surface area contributed by atoms with Gasteiger partial charge in [0.1, 0.15) is 0 Å². The number of nitrogens with zero attached hydrogens (tertiary/aromatic N) is 2. The van der Waals surface area contributed by atoms with Crippen molar-refractivity contribution >= 4 is 17.7 Å². The van der Waals surface area contributed by atoms with Crippen molar-refractivity contribution in [2.75, 3.05) is 0 Å². The monoisotopic (exact) mass is 281 g/mol. The number of nitrogens with one attached hydrogen (secondary N) is 1. The SMILES string of the molecule is Cn1c(C(=O)NC2CCC(C(=O)O)C2)ccc1[N+](=O)[O-]. The minimum atomic E-state index is -0.851. The maximum absolute atomic E-state index is 12.0. The molecule has 1 saturated carbocycles. The summed E-state index contributed by atoms with van der Waals surface area (Å²) in [5, 5.41) is 22.3. The van der Waals surface area contributed by atoms with Gasteiger partial charge in [0.25, 0.3) is 5.91 Å². The third-order valence-electron chi connectivity index (χ3n) is 3.63. The van der Waals surface area contributed by atoms with Crippen LogP contribution in [-0.2, 0) is 11.8 Å². The molecular weight excluding hydrogens is 266 g/mol. The summed E-state index contributed by atoms with van der Waals surface area (Å²) in [6.07, 6.45) is 1.54. The van der Waals surface area contributed by atoms with Gasteiger partial charge in [0, 0.05) is 12.1 Å². The maximum atomic E-state index is 12.0. The van der Waals surface area contributed by atoms with Crippen LogP contribution in [-0.4, -0.2) is 32.5 Å². The van der Waals surface area contributed by atoms with Crippen molar-refractivity contribution in [2.24, 2.45) is 13.0 Å². The first-order valence-corrected chi connectivity index (χ1v) is 6.24. The van der Waals surface area contributed by atoms with Gasteiger partial charge in [-0.25, -0.2) is 4.57 Å². The fraction of sp³-hybridized carbons (Fsp3) is 0.500. The molecule has 8 nitrogen and oxygen atoms in total. The van der Waals surface area contributed by atoms with E-state index in [0.717, 1.165) is 0 Å². The lowest BCUT2D eigenvalue weighted by molar-refractivity contribution is -0.391. The fourth-order valence-corrected chi connectivity index (χ4v) is 2.51. The molecule has 2 rings (SSSR count). The van der Waals surface area contributed by atoms with Crippen LogP contribution in [0.2, 0.25) is 0 Å². The van der Waals surface area contributed by atoms with E-state index >= 15 is 0 Å². The molecule has 0 aromatic carbocycles. The number of aliphatic carboxylic acids is 1. The van der Waals surface area contributed by atoms with Crippen molar-refractivity contribution in [3.05, 3.63) is 27.9 Å². The lowest BCUT2D eigenvalue weighted by atomic mass is 10.1. The molecule has 1 aromatic rings. The predicted molar refractivity (Wildman–Crippen MR) is 68.3 cm³/mol. The Bertz CT molecular complexity index is 565. The molecule has 8 heteroatoms. The molecular formula is C12H15N3O5. The average molecular weight is 281 g/mol. The molecule has 1 fully saturated rings. The molecule has 2 N–H and O–H groups in total. The van der Waals surface area contributed by atoms with Crippen molar-refractivity contribution in [2.45, 2.75) is 25.3 Å². The Morgan fingerprint density at radius 2 is 2.15 bits per heavy atom. The van der Waals surface area contributed by atoms with Crippen LogP contribution in [0.4, 0.5) is 5.82 Å². The number of carbonyl (C=O) groups excluding carboxylic acids is 1. The van der Waals surface area contributed by atoms with Gasteiger partial charge in [-0.15, -0.1) is 0 Å². The number of nitro groups is 1. The summed E-state index contributed by atoms with van der Waals surface area (Å²) in [6.45, 7) is 0. The molecule has 0 saturated heterocycles. The highest BCUT2D eigenvalue weighted by atomic mass is 16.6. The largest absolute Gasteiger partial charge is 0.481 e. The number of carboxylic acid groups (broad SMARTS) is 1. The molecule has 2 unspecified atom stereocenters. The van der Waals surface area contributed by atoms with Crippen molar-refractivity contribution in [1.82, 2.24) is 9.88 Å². The van der Waals surface area contributed by atoms with Gasteiger partial charge in [-0.3, -0.25) is 9.59 Å². The maximum Gasteiger partial charge on any atom is 0.323 e. The van der Waals surface area contributed by atoms with E-state index in [0.29, 0.717) is 19.3 Å². The second-order valence-electron chi connectivity index (χ2n) is 4.91. The molecule has 0 spiro atoms. The topological polar surface area (TPSA) is 114 Å². The first-order chi connectivity index (χ1) is 9.40. The molecule has 0 radical (unpaired) electrons. The number of carboxylic acids is 1. The second kappa shape index (κ2) is 5.32. The summed E-state index contributed by atoms with van der Waals surface area (Å²) in [4.78, 5) is 33.0. The van der Waals surface area contributed by atoms with Crippen molar-refractivity contribution in [3.8, 4) is 0 Å². The van der Waals surface area contributed by atoms with Gasteiger partial charge in [0.15, 0.2) is 5.69 Å². The van der Waals surface area contributed by atoms with E-state index in [1.54, 1.807) is 0 Å². The van der Waals surface area contributed by atoms with E-state index in [2.05, 4.69) is 5.32 Å². The molecule has 0 bridgehead atoms. The minimum Gasteiger partial charge on any atom is -0.481 e. The summed E-state index contributed by atoms with van der Waals surface area (Å²) < 4.78 is 1.21. The third-order valence-corrected chi connectivity index (χ3v) is 3.63. The lowest BCUT2D eigenvalue weighted by Gasteiger charge is -2.11. The van der Waals surface area contributed by atoms with E-state index in [1.807, 2.05) is 0 Å². The second-order valence-corrected chi connectivity index (χ2v) is 4.91. The van der Waals surface area contributed by atoms with Crippen LogP contribution in [0, 0.1) is 16.0 Å². The molecule has 1 aliphatic carbocycles. The summed E-state index contributed by atoms with van der Waals surface area (Å²) in [5.41, 5.74) is 0.190. The Balaban J connectivity index is 2.03. The van der Waals surface area contributed by atoms with Crippen LogP contribution in [0.1, 0.15) is 29.8 Å². The Kier molecular flexibility index (Phi) is 3.73. The summed E-state index contributed by atoms with van der Waals surface area (Å²) in [7, 11) is 1.45. The van der Waals surface area contributed by atoms with Gasteiger partial charge in [-0.05, 0) is 30.3 Å². The van der Waals surface area contributed by atoms with Crippen molar-refractivity contribution in [3.63, 3.8) is 0 Å². The number of hydrogen-bond acceptors (Lipinski definition) is 4. The minimum absolute atomic E-state index is 0.162. The highest BCUT2D eigenvalue weighted by molar-refractivity contribution is 5.93. The van der Waals surface area contributed by atoms with Gasteiger partial charge >= 0.3 is 11.8 Å². The zero-order valence-electron chi connectivity index (χ0n) is 10.9. The molecule has 1 aliphatic rings. The van der Waals surface area contributed by atoms with Crippen LogP contribution in [0.25, 0.3) is 0 Å². The van der Waals surface area contributed by atoms with Gasteiger partial charge in [0.2, 0.25) is 0 Å². The summed E-state index contributed by atoms with van der Waals surface area (Å²) >= 11 is 0. The number of hydrogen-bond donors (Lipinski definition) is 2. The van der Waals surface area contributed by atoms with Gasteiger partial charge < -0.3 is 20.5 Å². The van der Waals surface area contributed by atoms with Crippen molar-refractivity contribution in [1.29, 1.82) is 0 Å². The van der Waals surface area contributed by atoms with Crippen LogP contribution in [0.3, 0.4) is 0 Å². The van der Waals surface area contributed by atoms with Crippen LogP contribution < -0.4 is 5.32 Å². The fourth-order valence-electron chi connectivity index (χ4n) is 2.51. The van der Waals surface area contributed by atoms with E-state index < -0.39 is 22.7 Å². The zero-order chi connectivity index (χ0) is 14.9. The highest BCUT2D eigenvalue weighted by Gasteiger charge is 2.32. The molecule has 2 atom stereocenters. The molecule has 1 amide bonds. The van der Waals surface area contributed by atoms with Crippen molar-refractivity contribution < 1.29 is 19.6 Å². The molecule has 20 heavy (non-hydrogen) atoms. The van der Waals surface area contributed by atoms with E-state index in [9.17, 15) is 19.7 Å². The highest BCUT2D eigenvalue weighted by Crippen LogP contribution is 2.26. The Morgan fingerprint density at radius 3 is 2.65 bits per heavy atom. The Labute approximate surface area is 114 Å². The number of aromatic nitrogens is 1. The Morgan fingerprint density at radius 1 is 1.45 bits per heavy atom. The molecule has 108 valence electrons. The first kappa shape index (κ1) is 14.0. The number of rotatable bonds is 4. The Hall–Kier alpha value is -2.38. The quantitative estimate of drug-likeness (QED) is 0.629. The predicted octanol–water partition coefficient (Wildman–Crippen LogP) is 0.916. The summed E-state index contributed by atoms with van der Waals surface area (Å²) in [6, 6.07) is 2.46. The first-order valence-electron chi connectivity index (χ1n) is 6.24. The summed E-state index contributed by atoms with van der Waals surface area (Å²) in [5.74, 6) is -1.86. The van der Waals surface area contributed by atoms with Gasteiger partial charge in [-0.2, -0.15) is 0 Å².